The maximum Gasteiger partial charge on any atom is 0.184 e. The Labute approximate surface area is 154 Å². The standard InChI is InChI=1S/C22H36O2Si/c1-21-12-10-16(24-25(3,4)5)14-15(21)6-7-17-18-8-9-20(23)22(18,2)13-11-19(17)21/h6,16-19H,7-14H2,1-5H3/t16-,17?,18?,19?,21+,22+/m1/s1. The number of hydrogen-bond acceptors (Lipinski definition) is 2. The molecule has 0 spiro atoms. The number of ketones is 1. The minimum absolute atomic E-state index is 0.00101. The molecule has 0 amide bonds. The lowest BCUT2D eigenvalue weighted by molar-refractivity contribution is -0.131. The topological polar surface area (TPSA) is 26.3 Å². The van der Waals surface area contributed by atoms with Crippen molar-refractivity contribution in [3.63, 3.8) is 0 Å². The van der Waals surface area contributed by atoms with E-state index in [9.17, 15) is 4.79 Å². The third kappa shape index (κ3) is 2.81. The van der Waals surface area contributed by atoms with Crippen LogP contribution in [0.1, 0.15) is 65.2 Å². The molecule has 3 saturated carbocycles. The molecule has 140 valence electrons. The fraction of sp³-hybridized carbons (Fsp3) is 0.864. The molecule has 0 aromatic heterocycles. The van der Waals surface area contributed by atoms with Gasteiger partial charge < -0.3 is 4.43 Å². The van der Waals surface area contributed by atoms with Crippen LogP contribution in [0.2, 0.25) is 19.6 Å². The number of carbonyl (C=O) groups excluding carboxylic acids is 1. The van der Waals surface area contributed by atoms with Crippen molar-refractivity contribution >= 4 is 14.1 Å². The SMILES string of the molecule is C[C@]12CC[C@@H](O[Si](C)(C)C)CC1=CCC1C2CC[C@]2(C)C(=O)CCC12. The lowest BCUT2D eigenvalue weighted by Gasteiger charge is -2.57. The van der Waals surface area contributed by atoms with E-state index >= 15 is 0 Å². The summed E-state index contributed by atoms with van der Waals surface area (Å²) in [5.41, 5.74) is 2.06. The van der Waals surface area contributed by atoms with Gasteiger partial charge in [-0.1, -0.05) is 25.5 Å². The van der Waals surface area contributed by atoms with Crippen molar-refractivity contribution in [3.8, 4) is 0 Å². The fourth-order valence-electron chi connectivity index (χ4n) is 7.00. The summed E-state index contributed by atoms with van der Waals surface area (Å²) in [7, 11) is -1.46. The van der Waals surface area contributed by atoms with Gasteiger partial charge in [0.05, 0.1) is 0 Å². The van der Waals surface area contributed by atoms with E-state index in [1.807, 2.05) is 0 Å². The third-order valence-corrected chi connectivity index (χ3v) is 9.33. The number of rotatable bonds is 2. The number of carbonyl (C=O) groups is 1. The molecular formula is C22H36O2Si. The average molecular weight is 361 g/mol. The summed E-state index contributed by atoms with van der Waals surface area (Å²) in [6.45, 7) is 11.8. The van der Waals surface area contributed by atoms with E-state index in [-0.39, 0.29) is 5.41 Å². The van der Waals surface area contributed by atoms with Gasteiger partial charge in [0.25, 0.3) is 0 Å². The maximum absolute atomic E-state index is 12.5. The van der Waals surface area contributed by atoms with Gasteiger partial charge in [-0.3, -0.25) is 4.79 Å². The third-order valence-electron chi connectivity index (χ3n) is 8.29. The van der Waals surface area contributed by atoms with Gasteiger partial charge >= 0.3 is 0 Å². The summed E-state index contributed by atoms with van der Waals surface area (Å²) in [6.07, 6.45) is 12.3. The van der Waals surface area contributed by atoms with Crippen molar-refractivity contribution < 1.29 is 9.22 Å². The van der Waals surface area contributed by atoms with Crippen molar-refractivity contribution in [1.82, 2.24) is 0 Å². The molecule has 0 saturated heterocycles. The molecule has 2 nitrogen and oxygen atoms in total. The van der Waals surface area contributed by atoms with Crippen LogP contribution in [-0.4, -0.2) is 20.2 Å². The first-order valence-electron chi connectivity index (χ1n) is 10.5. The van der Waals surface area contributed by atoms with Crippen molar-refractivity contribution in [3.05, 3.63) is 11.6 Å². The Morgan fingerprint density at radius 3 is 2.44 bits per heavy atom. The van der Waals surface area contributed by atoms with E-state index in [2.05, 4.69) is 39.6 Å². The van der Waals surface area contributed by atoms with E-state index in [1.54, 1.807) is 5.57 Å². The Morgan fingerprint density at radius 2 is 1.72 bits per heavy atom. The average Bonchev–Trinajstić information content (AvgIpc) is 2.82. The van der Waals surface area contributed by atoms with Crippen LogP contribution in [0, 0.1) is 28.6 Å². The number of allylic oxidation sites excluding steroid dienone is 1. The zero-order chi connectivity index (χ0) is 18.0. The lowest BCUT2D eigenvalue weighted by atomic mass is 9.48. The molecule has 0 bridgehead atoms. The van der Waals surface area contributed by atoms with Crippen molar-refractivity contribution in [2.75, 3.05) is 0 Å². The first-order chi connectivity index (χ1) is 11.6. The van der Waals surface area contributed by atoms with Crippen molar-refractivity contribution in [2.45, 2.75) is 91.0 Å². The zero-order valence-electron chi connectivity index (χ0n) is 16.9. The van der Waals surface area contributed by atoms with Crippen LogP contribution in [0.3, 0.4) is 0 Å². The van der Waals surface area contributed by atoms with Gasteiger partial charge in [0, 0.05) is 17.9 Å². The van der Waals surface area contributed by atoms with Crippen LogP contribution in [0.5, 0.6) is 0 Å². The monoisotopic (exact) mass is 360 g/mol. The summed E-state index contributed by atoms with van der Waals surface area (Å²) >= 11 is 0. The number of hydrogen-bond donors (Lipinski definition) is 0. The smallest absolute Gasteiger partial charge is 0.184 e. The Balaban J connectivity index is 1.57. The van der Waals surface area contributed by atoms with Crippen LogP contribution in [-0.2, 0) is 9.22 Å². The molecule has 0 heterocycles. The van der Waals surface area contributed by atoms with Gasteiger partial charge in [-0.05, 0) is 87.8 Å². The summed E-state index contributed by atoms with van der Waals surface area (Å²) in [6, 6.07) is 0. The van der Waals surface area contributed by atoms with E-state index < -0.39 is 8.32 Å². The van der Waals surface area contributed by atoms with Gasteiger partial charge in [0.15, 0.2) is 8.32 Å². The molecule has 0 N–H and O–H groups in total. The first kappa shape index (κ1) is 18.0. The highest BCUT2D eigenvalue weighted by Gasteiger charge is 2.58. The fourth-order valence-corrected chi connectivity index (χ4v) is 8.20. The molecule has 3 unspecified atom stereocenters. The summed E-state index contributed by atoms with van der Waals surface area (Å²) in [5, 5.41) is 0. The quantitative estimate of drug-likeness (QED) is 0.464. The highest BCUT2D eigenvalue weighted by Crippen LogP contribution is 2.64. The maximum atomic E-state index is 12.5. The van der Waals surface area contributed by atoms with Crippen LogP contribution in [0.4, 0.5) is 0 Å². The zero-order valence-corrected chi connectivity index (χ0v) is 17.9. The van der Waals surface area contributed by atoms with E-state index in [1.165, 1.54) is 25.7 Å². The number of Topliss-reactive ketones (excluding diaryl/α,β-unsaturated/α-hetero) is 1. The second-order valence-electron chi connectivity index (χ2n) is 10.8. The Bertz CT molecular complexity index is 604. The van der Waals surface area contributed by atoms with Gasteiger partial charge in [-0.25, -0.2) is 0 Å². The highest BCUT2D eigenvalue weighted by molar-refractivity contribution is 6.69. The largest absolute Gasteiger partial charge is 0.414 e. The predicted molar refractivity (Wildman–Crippen MR) is 105 cm³/mol. The minimum Gasteiger partial charge on any atom is -0.414 e. The molecule has 0 aliphatic heterocycles. The molecule has 6 atom stereocenters. The molecule has 0 aromatic rings. The number of fused-ring (bicyclic) bond motifs is 5. The normalized spacial score (nSPS) is 46.9. The second-order valence-corrected chi connectivity index (χ2v) is 15.2. The molecule has 0 aromatic carbocycles. The predicted octanol–water partition coefficient (Wildman–Crippen LogP) is 5.74. The Kier molecular flexibility index (Phi) is 4.16. The Morgan fingerprint density at radius 1 is 1.04 bits per heavy atom. The lowest BCUT2D eigenvalue weighted by Crippen LogP contribution is -2.51. The van der Waals surface area contributed by atoms with Crippen molar-refractivity contribution in [1.29, 1.82) is 0 Å². The molecule has 3 fully saturated rings. The van der Waals surface area contributed by atoms with E-state index in [0.29, 0.717) is 23.2 Å². The molecule has 0 radical (unpaired) electrons. The van der Waals surface area contributed by atoms with Crippen LogP contribution < -0.4 is 0 Å². The van der Waals surface area contributed by atoms with Gasteiger partial charge in [-0.15, -0.1) is 0 Å². The van der Waals surface area contributed by atoms with Crippen LogP contribution >= 0.6 is 0 Å². The molecule has 3 heteroatoms. The summed E-state index contributed by atoms with van der Waals surface area (Å²) < 4.78 is 6.46. The molecular weight excluding hydrogens is 324 g/mol. The molecule has 4 rings (SSSR count). The van der Waals surface area contributed by atoms with Crippen LogP contribution in [0.15, 0.2) is 11.6 Å². The van der Waals surface area contributed by atoms with Crippen molar-refractivity contribution in [2.24, 2.45) is 28.6 Å². The van der Waals surface area contributed by atoms with Crippen LogP contribution in [0.25, 0.3) is 0 Å². The highest BCUT2D eigenvalue weighted by atomic mass is 28.4. The second kappa shape index (κ2) is 5.79. The van der Waals surface area contributed by atoms with E-state index in [4.69, 9.17) is 4.43 Å². The summed E-state index contributed by atoms with van der Waals surface area (Å²) in [4.78, 5) is 12.5. The van der Waals surface area contributed by atoms with Gasteiger partial charge in [-0.2, -0.15) is 0 Å². The Hall–Kier alpha value is -0.413. The first-order valence-corrected chi connectivity index (χ1v) is 13.9. The molecule has 4 aliphatic carbocycles. The molecule has 4 aliphatic rings. The van der Waals surface area contributed by atoms with Gasteiger partial charge in [0.1, 0.15) is 5.78 Å². The molecule has 25 heavy (non-hydrogen) atoms. The minimum atomic E-state index is -1.46. The van der Waals surface area contributed by atoms with E-state index in [0.717, 1.165) is 37.5 Å². The summed E-state index contributed by atoms with van der Waals surface area (Å²) in [5.74, 6) is 2.74. The van der Waals surface area contributed by atoms with Gasteiger partial charge in [0.2, 0.25) is 0 Å².